The second-order valence-electron chi connectivity index (χ2n) is 4.96. The lowest BCUT2D eigenvalue weighted by Crippen LogP contribution is -2.02. The van der Waals surface area contributed by atoms with Gasteiger partial charge in [0.1, 0.15) is 5.75 Å². The maximum atomic E-state index is 5.94. The predicted molar refractivity (Wildman–Crippen MR) is 98.8 cm³/mol. The molecule has 0 saturated carbocycles. The first kappa shape index (κ1) is 17.5. The number of benzene rings is 1. The number of ether oxygens (including phenoxy) is 2. The molecule has 0 fully saturated rings. The fourth-order valence-corrected chi connectivity index (χ4v) is 2.86. The van der Waals surface area contributed by atoms with Gasteiger partial charge in [0.25, 0.3) is 0 Å². The Bertz CT molecular complexity index is 578. The van der Waals surface area contributed by atoms with Crippen LogP contribution in [0, 0.1) is 0 Å². The minimum Gasteiger partial charge on any atom is -0.493 e. The molecule has 0 amide bonds. The number of para-hydroxylation sites is 1. The molecule has 120 valence electrons. The van der Waals surface area contributed by atoms with Gasteiger partial charge in [0.05, 0.1) is 18.7 Å². The Morgan fingerprint density at radius 3 is 2.27 bits per heavy atom. The van der Waals surface area contributed by atoms with Crippen LogP contribution in [0.4, 0.5) is 0 Å². The Labute approximate surface area is 148 Å². The number of unbranched alkanes of at least 4 members (excludes halogenated alkanes) is 2. The lowest BCUT2D eigenvalue weighted by Gasteiger charge is -2.12. The summed E-state index contributed by atoms with van der Waals surface area (Å²) < 4.78 is 11.7. The van der Waals surface area contributed by atoms with Crippen molar-refractivity contribution in [2.75, 3.05) is 23.9 Å². The van der Waals surface area contributed by atoms with E-state index in [4.69, 9.17) is 9.47 Å². The number of fused-ring (bicyclic) bond motifs is 1. The molecular weight excluding hydrogens is 410 g/mol. The van der Waals surface area contributed by atoms with Crippen molar-refractivity contribution in [3.05, 3.63) is 30.3 Å². The molecule has 2 aromatic rings. The molecule has 3 nitrogen and oxygen atoms in total. The van der Waals surface area contributed by atoms with Gasteiger partial charge in [-0.2, -0.15) is 0 Å². The molecule has 0 radical (unpaired) electrons. The van der Waals surface area contributed by atoms with E-state index < -0.39 is 0 Å². The Morgan fingerprint density at radius 2 is 1.55 bits per heavy atom. The van der Waals surface area contributed by atoms with Gasteiger partial charge in [0.15, 0.2) is 0 Å². The second kappa shape index (κ2) is 10.1. The molecule has 0 atom stereocenters. The third-order valence-corrected chi connectivity index (χ3v) is 4.34. The van der Waals surface area contributed by atoms with Gasteiger partial charge in [0.2, 0.25) is 5.88 Å². The largest absolute Gasteiger partial charge is 0.493 e. The first-order chi connectivity index (χ1) is 10.8. The number of nitrogens with zero attached hydrogens (tertiary/aromatic N) is 1. The van der Waals surface area contributed by atoms with Crippen LogP contribution in [0.2, 0.25) is 0 Å². The Kier molecular flexibility index (Phi) is 8.02. The Hall–Kier alpha value is -0.810. The molecule has 0 N–H and O–H groups in total. The van der Waals surface area contributed by atoms with Gasteiger partial charge in [-0.15, -0.1) is 0 Å². The van der Waals surface area contributed by atoms with Crippen molar-refractivity contribution in [1.82, 2.24) is 4.98 Å². The lowest BCUT2D eigenvalue weighted by atomic mass is 10.2. The minimum absolute atomic E-state index is 0.642. The normalized spacial score (nSPS) is 10.8. The summed E-state index contributed by atoms with van der Waals surface area (Å²) in [6.07, 6.45) is 4.26. The lowest BCUT2D eigenvalue weighted by molar-refractivity contribution is 0.289. The van der Waals surface area contributed by atoms with Gasteiger partial charge in [-0.1, -0.05) is 44.0 Å². The van der Waals surface area contributed by atoms with Gasteiger partial charge in [-0.05, 0) is 37.8 Å². The SMILES string of the molecule is BrCCCCOc1cc(OCCCCBr)c2ccccc2n1. The van der Waals surface area contributed by atoms with Crippen molar-refractivity contribution in [2.24, 2.45) is 0 Å². The molecule has 1 heterocycles. The molecule has 1 aromatic heterocycles. The van der Waals surface area contributed by atoms with E-state index >= 15 is 0 Å². The summed E-state index contributed by atoms with van der Waals surface area (Å²) in [5.41, 5.74) is 0.913. The van der Waals surface area contributed by atoms with Gasteiger partial charge in [-0.3, -0.25) is 0 Å². The summed E-state index contributed by atoms with van der Waals surface area (Å²) in [4.78, 5) is 4.56. The van der Waals surface area contributed by atoms with E-state index in [0.717, 1.165) is 53.0 Å². The van der Waals surface area contributed by atoms with Crippen LogP contribution in [-0.4, -0.2) is 28.9 Å². The van der Waals surface area contributed by atoms with Crippen molar-refractivity contribution in [3.63, 3.8) is 0 Å². The quantitative estimate of drug-likeness (QED) is 0.376. The van der Waals surface area contributed by atoms with Gasteiger partial charge in [-0.25, -0.2) is 4.98 Å². The Balaban J connectivity index is 2.09. The standard InChI is InChI=1S/C17H21Br2NO2/c18-9-3-5-11-21-16-13-17(22-12-6-4-10-19)20-15-8-2-1-7-14(15)16/h1-2,7-8,13H,3-6,9-12H2. The van der Waals surface area contributed by atoms with Crippen LogP contribution >= 0.6 is 31.9 Å². The van der Waals surface area contributed by atoms with Crippen LogP contribution < -0.4 is 9.47 Å². The van der Waals surface area contributed by atoms with Crippen LogP contribution in [0.25, 0.3) is 10.9 Å². The zero-order chi connectivity index (χ0) is 15.6. The predicted octanol–water partition coefficient (Wildman–Crippen LogP) is 5.34. The Morgan fingerprint density at radius 1 is 0.864 bits per heavy atom. The fraction of sp³-hybridized carbons (Fsp3) is 0.471. The molecule has 1 aromatic carbocycles. The fourth-order valence-electron chi connectivity index (χ4n) is 2.07. The van der Waals surface area contributed by atoms with Crippen LogP contribution in [0.3, 0.4) is 0 Å². The third-order valence-electron chi connectivity index (χ3n) is 3.22. The topological polar surface area (TPSA) is 31.4 Å². The van der Waals surface area contributed by atoms with Crippen molar-refractivity contribution in [3.8, 4) is 11.6 Å². The number of pyridine rings is 1. The zero-order valence-electron chi connectivity index (χ0n) is 12.6. The van der Waals surface area contributed by atoms with E-state index in [1.54, 1.807) is 0 Å². The van der Waals surface area contributed by atoms with Crippen molar-refractivity contribution >= 4 is 42.8 Å². The molecular formula is C17H21Br2NO2. The molecule has 0 unspecified atom stereocenters. The summed E-state index contributed by atoms with van der Waals surface area (Å²) in [6, 6.07) is 9.93. The molecule has 0 spiro atoms. The first-order valence-electron chi connectivity index (χ1n) is 7.62. The summed E-state index contributed by atoms with van der Waals surface area (Å²) in [5.74, 6) is 1.50. The van der Waals surface area contributed by atoms with Gasteiger partial charge >= 0.3 is 0 Å². The summed E-state index contributed by atoms with van der Waals surface area (Å²) >= 11 is 6.87. The molecule has 0 saturated heterocycles. The highest BCUT2D eigenvalue weighted by atomic mass is 79.9. The molecule has 0 bridgehead atoms. The van der Waals surface area contributed by atoms with Crippen molar-refractivity contribution < 1.29 is 9.47 Å². The summed E-state index contributed by atoms with van der Waals surface area (Å²) in [7, 11) is 0. The first-order valence-corrected chi connectivity index (χ1v) is 9.86. The van der Waals surface area contributed by atoms with Crippen LogP contribution in [-0.2, 0) is 0 Å². The average molecular weight is 431 g/mol. The number of aromatic nitrogens is 1. The number of hydrogen-bond donors (Lipinski definition) is 0. The number of hydrogen-bond acceptors (Lipinski definition) is 3. The van der Waals surface area contributed by atoms with Crippen molar-refractivity contribution in [1.29, 1.82) is 0 Å². The van der Waals surface area contributed by atoms with E-state index in [0.29, 0.717) is 19.1 Å². The zero-order valence-corrected chi connectivity index (χ0v) is 15.7. The van der Waals surface area contributed by atoms with Crippen molar-refractivity contribution in [2.45, 2.75) is 25.7 Å². The number of alkyl halides is 2. The van der Waals surface area contributed by atoms with Crippen LogP contribution in [0.15, 0.2) is 30.3 Å². The minimum atomic E-state index is 0.642. The highest BCUT2D eigenvalue weighted by Crippen LogP contribution is 2.28. The summed E-state index contributed by atoms with van der Waals surface area (Å²) in [6.45, 7) is 1.39. The van der Waals surface area contributed by atoms with Gasteiger partial charge < -0.3 is 9.47 Å². The average Bonchev–Trinajstić information content (AvgIpc) is 2.55. The number of rotatable bonds is 10. The molecule has 5 heteroatoms. The molecule has 22 heavy (non-hydrogen) atoms. The maximum Gasteiger partial charge on any atom is 0.217 e. The monoisotopic (exact) mass is 429 g/mol. The number of halogens is 2. The molecule has 0 aliphatic heterocycles. The van der Waals surface area contributed by atoms with Gasteiger partial charge in [0, 0.05) is 22.1 Å². The molecule has 0 aliphatic rings. The molecule has 2 rings (SSSR count). The van der Waals surface area contributed by atoms with E-state index in [1.807, 2.05) is 30.3 Å². The van der Waals surface area contributed by atoms with Crippen LogP contribution in [0.5, 0.6) is 11.6 Å². The molecule has 0 aliphatic carbocycles. The van der Waals surface area contributed by atoms with Crippen LogP contribution in [0.1, 0.15) is 25.7 Å². The maximum absolute atomic E-state index is 5.94. The summed E-state index contributed by atoms with van der Waals surface area (Å²) in [5, 5.41) is 3.05. The third kappa shape index (κ3) is 5.43. The highest BCUT2D eigenvalue weighted by molar-refractivity contribution is 9.09. The van der Waals surface area contributed by atoms with E-state index in [1.165, 1.54) is 0 Å². The second-order valence-corrected chi connectivity index (χ2v) is 6.55. The highest BCUT2D eigenvalue weighted by Gasteiger charge is 2.07. The smallest absolute Gasteiger partial charge is 0.217 e. The van der Waals surface area contributed by atoms with E-state index in [-0.39, 0.29) is 0 Å². The van der Waals surface area contributed by atoms with E-state index in [2.05, 4.69) is 36.8 Å². The van der Waals surface area contributed by atoms with E-state index in [9.17, 15) is 0 Å².